The fraction of sp³-hybridized carbons (Fsp3) is 0.263. The first-order chi connectivity index (χ1) is 10.9. The smallest absolute Gasteiger partial charge is 0.237 e. The number of rotatable bonds is 5. The highest BCUT2D eigenvalue weighted by Crippen LogP contribution is 2.28. The summed E-state index contributed by atoms with van der Waals surface area (Å²) in [6.07, 6.45) is 0. The van der Waals surface area contributed by atoms with E-state index in [1.54, 1.807) is 36.0 Å². The molecule has 0 spiro atoms. The molecule has 1 amide bonds. The second-order valence-corrected chi connectivity index (χ2v) is 7.03. The summed E-state index contributed by atoms with van der Waals surface area (Å²) in [5.74, 6) is -0.0341. The second-order valence-electron chi connectivity index (χ2n) is 5.65. The molecule has 23 heavy (non-hydrogen) atoms. The second kappa shape index (κ2) is 7.47. The summed E-state index contributed by atoms with van der Waals surface area (Å²) in [5.41, 5.74) is 3.70. The van der Waals surface area contributed by atoms with Crippen LogP contribution in [-0.2, 0) is 4.79 Å². The molecule has 0 bridgehead atoms. The van der Waals surface area contributed by atoms with Crippen molar-refractivity contribution >= 4 is 29.1 Å². The van der Waals surface area contributed by atoms with Crippen LogP contribution in [0.15, 0.2) is 47.4 Å². The Balaban J connectivity index is 2.02. The van der Waals surface area contributed by atoms with Crippen LogP contribution in [0.5, 0.6) is 0 Å². The summed E-state index contributed by atoms with van der Waals surface area (Å²) in [5, 5.41) is 2.69. The molecule has 0 aromatic heterocycles. The minimum Gasteiger partial charge on any atom is -0.325 e. The van der Waals surface area contributed by atoms with Crippen LogP contribution in [0.2, 0.25) is 0 Å². The number of amides is 1. The summed E-state index contributed by atoms with van der Waals surface area (Å²) in [4.78, 5) is 24.7. The van der Waals surface area contributed by atoms with Gasteiger partial charge in [0, 0.05) is 16.1 Å². The molecular weight excluding hydrogens is 306 g/mol. The third-order valence-corrected chi connectivity index (χ3v) is 4.84. The third kappa shape index (κ3) is 4.70. The van der Waals surface area contributed by atoms with E-state index in [2.05, 4.69) is 23.5 Å². The van der Waals surface area contributed by atoms with Crippen molar-refractivity contribution < 1.29 is 9.59 Å². The quantitative estimate of drug-likeness (QED) is 0.643. The van der Waals surface area contributed by atoms with Gasteiger partial charge in [-0.05, 0) is 63.6 Å². The molecule has 2 rings (SSSR count). The normalized spacial score (nSPS) is 11.8. The van der Waals surface area contributed by atoms with Gasteiger partial charge in [-0.3, -0.25) is 9.59 Å². The van der Waals surface area contributed by atoms with Gasteiger partial charge in [0.1, 0.15) is 0 Å². The van der Waals surface area contributed by atoms with Crippen LogP contribution < -0.4 is 5.32 Å². The summed E-state index contributed by atoms with van der Waals surface area (Å²) >= 11 is 1.55. The number of nitrogens with one attached hydrogen (secondary N) is 1. The zero-order chi connectivity index (χ0) is 17.0. The summed E-state index contributed by atoms with van der Waals surface area (Å²) in [6, 6.07) is 13.2. The lowest BCUT2D eigenvalue weighted by Crippen LogP contribution is -2.22. The molecule has 0 saturated carbocycles. The molecule has 2 aromatic rings. The van der Waals surface area contributed by atoms with E-state index in [1.165, 1.54) is 18.1 Å². The molecule has 0 aliphatic rings. The van der Waals surface area contributed by atoms with E-state index < -0.39 is 0 Å². The largest absolute Gasteiger partial charge is 0.325 e. The molecular formula is C19H21NO2S. The van der Waals surface area contributed by atoms with Crippen LogP contribution in [0.1, 0.15) is 35.3 Å². The van der Waals surface area contributed by atoms with Crippen LogP contribution in [0.4, 0.5) is 5.69 Å². The molecule has 120 valence electrons. The number of ketones is 1. The van der Waals surface area contributed by atoms with Crippen molar-refractivity contribution in [1.29, 1.82) is 0 Å². The minimum absolute atomic E-state index is 0.0155. The zero-order valence-corrected chi connectivity index (χ0v) is 14.7. The van der Waals surface area contributed by atoms with E-state index in [1.807, 2.05) is 20.8 Å². The number of anilines is 1. The molecule has 4 heteroatoms. The lowest BCUT2D eigenvalue weighted by atomic mass is 10.1. The van der Waals surface area contributed by atoms with Crippen LogP contribution in [0, 0.1) is 13.8 Å². The number of hydrogen-bond acceptors (Lipinski definition) is 3. The molecule has 0 aliphatic heterocycles. The van der Waals surface area contributed by atoms with Gasteiger partial charge in [-0.15, -0.1) is 11.8 Å². The van der Waals surface area contributed by atoms with Gasteiger partial charge in [-0.25, -0.2) is 0 Å². The van der Waals surface area contributed by atoms with Crippen molar-refractivity contribution in [3.05, 3.63) is 59.2 Å². The fourth-order valence-corrected chi connectivity index (χ4v) is 3.17. The van der Waals surface area contributed by atoms with Gasteiger partial charge in [0.15, 0.2) is 5.78 Å². The SMILES string of the molecule is CC(=O)c1ccc(NC(=O)C(C)Sc2cc(C)ccc2C)cc1. The Labute approximate surface area is 141 Å². The molecule has 0 heterocycles. The molecule has 0 radical (unpaired) electrons. The van der Waals surface area contributed by atoms with E-state index in [-0.39, 0.29) is 16.9 Å². The minimum atomic E-state index is -0.206. The van der Waals surface area contributed by atoms with Gasteiger partial charge in [0.05, 0.1) is 5.25 Å². The zero-order valence-electron chi connectivity index (χ0n) is 13.8. The predicted molar refractivity (Wildman–Crippen MR) is 96.3 cm³/mol. The number of carbonyl (C=O) groups excluding carboxylic acids is 2. The Morgan fingerprint density at radius 2 is 1.70 bits per heavy atom. The van der Waals surface area contributed by atoms with Crippen LogP contribution in [-0.4, -0.2) is 16.9 Å². The van der Waals surface area contributed by atoms with Crippen molar-refractivity contribution in [2.24, 2.45) is 0 Å². The van der Waals surface area contributed by atoms with Crippen molar-refractivity contribution in [3.63, 3.8) is 0 Å². The first-order valence-corrected chi connectivity index (χ1v) is 8.40. The monoisotopic (exact) mass is 327 g/mol. The van der Waals surface area contributed by atoms with Crippen molar-refractivity contribution in [1.82, 2.24) is 0 Å². The van der Waals surface area contributed by atoms with Crippen LogP contribution in [0.3, 0.4) is 0 Å². The lowest BCUT2D eigenvalue weighted by Gasteiger charge is -2.14. The van der Waals surface area contributed by atoms with E-state index in [0.717, 1.165) is 4.90 Å². The highest BCUT2D eigenvalue weighted by molar-refractivity contribution is 8.00. The molecule has 1 atom stereocenters. The number of thioether (sulfide) groups is 1. The maximum Gasteiger partial charge on any atom is 0.237 e. The van der Waals surface area contributed by atoms with Gasteiger partial charge in [0.25, 0.3) is 0 Å². The maximum absolute atomic E-state index is 12.3. The average Bonchev–Trinajstić information content (AvgIpc) is 2.51. The van der Waals surface area contributed by atoms with E-state index in [4.69, 9.17) is 0 Å². The fourth-order valence-electron chi connectivity index (χ4n) is 2.11. The number of hydrogen-bond donors (Lipinski definition) is 1. The Morgan fingerprint density at radius 1 is 1.04 bits per heavy atom. The highest BCUT2D eigenvalue weighted by atomic mass is 32.2. The first kappa shape index (κ1) is 17.3. The molecule has 2 aromatic carbocycles. The van der Waals surface area contributed by atoms with E-state index in [9.17, 15) is 9.59 Å². The van der Waals surface area contributed by atoms with Crippen molar-refractivity contribution in [2.45, 2.75) is 37.8 Å². The summed E-state index contributed by atoms with van der Waals surface area (Å²) < 4.78 is 0. The molecule has 0 aliphatic carbocycles. The summed E-state index contributed by atoms with van der Waals surface area (Å²) in [6.45, 7) is 7.51. The molecule has 3 nitrogen and oxygen atoms in total. The molecule has 1 unspecified atom stereocenters. The highest BCUT2D eigenvalue weighted by Gasteiger charge is 2.16. The molecule has 1 N–H and O–H groups in total. The number of benzene rings is 2. The molecule has 0 fully saturated rings. The maximum atomic E-state index is 12.3. The summed E-state index contributed by atoms with van der Waals surface area (Å²) in [7, 11) is 0. The molecule has 0 saturated heterocycles. The van der Waals surface area contributed by atoms with Gasteiger partial charge >= 0.3 is 0 Å². The first-order valence-electron chi connectivity index (χ1n) is 7.52. The number of carbonyl (C=O) groups is 2. The van der Waals surface area contributed by atoms with Gasteiger partial charge < -0.3 is 5.32 Å². The van der Waals surface area contributed by atoms with Crippen LogP contribution >= 0.6 is 11.8 Å². The Bertz CT molecular complexity index is 723. The standard InChI is InChI=1S/C19H21NO2S/c1-12-5-6-13(2)18(11-12)23-15(4)19(22)20-17-9-7-16(8-10-17)14(3)21/h5-11,15H,1-4H3,(H,20,22). The van der Waals surface area contributed by atoms with E-state index >= 15 is 0 Å². The Kier molecular flexibility index (Phi) is 5.61. The van der Waals surface area contributed by atoms with Gasteiger partial charge in [-0.2, -0.15) is 0 Å². The average molecular weight is 327 g/mol. The van der Waals surface area contributed by atoms with Gasteiger partial charge in [-0.1, -0.05) is 17.7 Å². The van der Waals surface area contributed by atoms with E-state index in [0.29, 0.717) is 11.3 Å². The van der Waals surface area contributed by atoms with Crippen molar-refractivity contribution in [2.75, 3.05) is 5.32 Å². The predicted octanol–water partition coefficient (Wildman–Crippen LogP) is 4.63. The third-order valence-electron chi connectivity index (χ3n) is 3.58. The number of Topliss-reactive ketones (excluding diaryl/α,β-unsaturated/α-hetero) is 1. The topological polar surface area (TPSA) is 46.2 Å². The van der Waals surface area contributed by atoms with Crippen molar-refractivity contribution in [3.8, 4) is 0 Å². The lowest BCUT2D eigenvalue weighted by molar-refractivity contribution is -0.115. The number of aryl methyl sites for hydroxylation is 2. The Morgan fingerprint density at radius 3 is 2.30 bits per heavy atom. The van der Waals surface area contributed by atoms with Crippen LogP contribution in [0.25, 0.3) is 0 Å². The van der Waals surface area contributed by atoms with Gasteiger partial charge in [0.2, 0.25) is 5.91 Å². The Hall–Kier alpha value is -2.07.